The van der Waals surface area contributed by atoms with Crippen molar-refractivity contribution < 1.29 is 18.9 Å². The maximum absolute atomic E-state index is 5.36. The van der Waals surface area contributed by atoms with Gasteiger partial charge in [-0.1, -0.05) is 0 Å². The van der Waals surface area contributed by atoms with Crippen molar-refractivity contribution in [2.75, 3.05) is 40.1 Å². The summed E-state index contributed by atoms with van der Waals surface area (Å²) in [6, 6.07) is 0. The molecule has 5 nitrogen and oxygen atoms in total. The summed E-state index contributed by atoms with van der Waals surface area (Å²) in [6.07, 6.45) is -0.194. The first kappa shape index (κ1) is 11.4. The highest BCUT2D eigenvalue weighted by Gasteiger charge is 2.18. The van der Waals surface area contributed by atoms with Crippen LogP contribution in [0.1, 0.15) is 6.92 Å². The van der Waals surface area contributed by atoms with E-state index < -0.39 is 0 Å². The van der Waals surface area contributed by atoms with E-state index in [2.05, 4.69) is 4.99 Å². The fourth-order valence-electron chi connectivity index (χ4n) is 1.02. The highest BCUT2D eigenvalue weighted by atomic mass is 16.6. The molecule has 82 valence electrons. The SMILES string of the molecule is CCOCC1=NC(OCCOC)CO1. The van der Waals surface area contributed by atoms with Crippen molar-refractivity contribution in [1.29, 1.82) is 0 Å². The molecule has 1 atom stereocenters. The molecule has 0 aromatic carbocycles. The van der Waals surface area contributed by atoms with E-state index in [9.17, 15) is 0 Å². The van der Waals surface area contributed by atoms with E-state index in [4.69, 9.17) is 18.9 Å². The van der Waals surface area contributed by atoms with Gasteiger partial charge in [-0.3, -0.25) is 0 Å². The van der Waals surface area contributed by atoms with Gasteiger partial charge >= 0.3 is 0 Å². The standard InChI is InChI=1S/C9H17NO4/c1-3-12-6-8-10-9(7-14-8)13-5-4-11-2/h9H,3-7H2,1-2H3. The van der Waals surface area contributed by atoms with Gasteiger partial charge in [0.1, 0.15) is 13.2 Å². The van der Waals surface area contributed by atoms with E-state index in [0.717, 1.165) is 0 Å². The normalized spacial score (nSPS) is 20.7. The number of hydrogen-bond acceptors (Lipinski definition) is 5. The average Bonchev–Trinajstić information content (AvgIpc) is 2.63. The summed E-state index contributed by atoms with van der Waals surface area (Å²) in [5, 5.41) is 0. The minimum atomic E-state index is -0.194. The third-order valence-electron chi connectivity index (χ3n) is 1.71. The van der Waals surface area contributed by atoms with E-state index in [0.29, 0.717) is 38.9 Å². The summed E-state index contributed by atoms with van der Waals surface area (Å²) >= 11 is 0. The van der Waals surface area contributed by atoms with Crippen LogP contribution in [-0.4, -0.2) is 52.3 Å². The lowest BCUT2D eigenvalue weighted by molar-refractivity contribution is 0.00978. The molecule has 0 aromatic rings. The van der Waals surface area contributed by atoms with Crippen molar-refractivity contribution in [3.8, 4) is 0 Å². The quantitative estimate of drug-likeness (QED) is 0.563. The molecule has 0 saturated heterocycles. The monoisotopic (exact) mass is 203 g/mol. The van der Waals surface area contributed by atoms with Gasteiger partial charge in [0.2, 0.25) is 5.90 Å². The molecule has 1 aliphatic rings. The van der Waals surface area contributed by atoms with E-state index in [1.807, 2.05) is 6.92 Å². The Labute approximate surface area is 84.0 Å². The Hall–Kier alpha value is -0.650. The lowest BCUT2D eigenvalue weighted by atomic mass is 10.6. The van der Waals surface area contributed by atoms with Crippen molar-refractivity contribution in [3.63, 3.8) is 0 Å². The Balaban J connectivity index is 2.13. The predicted molar refractivity (Wildman–Crippen MR) is 51.5 cm³/mol. The third kappa shape index (κ3) is 4.04. The summed E-state index contributed by atoms with van der Waals surface area (Å²) < 4.78 is 20.6. The van der Waals surface area contributed by atoms with Gasteiger partial charge in [0.05, 0.1) is 13.2 Å². The Kier molecular flexibility index (Phi) is 5.51. The maximum Gasteiger partial charge on any atom is 0.212 e. The van der Waals surface area contributed by atoms with Crippen LogP contribution in [0.3, 0.4) is 0 Å². The van der Waals surface area contributed by atoms with Crippen LogP contribution in [0, 0.1) is 0 Å². The molecular formula is C9H17NO4. The molecule has 1 unspecified atom stereocenters. The second kappa shape index (κ2) is 6.75. The van der Waals surface area contributed by atoms with E-state index in [1.165, 1.54) is 0 Å². The first-order chi connectivity index (χ1) is 6.86. The first-order valence-electron chi connectivity index (χ1n) is 4.74. The smallest absolute Gasteiger partial charge is 0.212 e. The number of nitrogens with zero attached hydrogens (tertiary/aromatic N) is 1. The van der Waals surface area contributed by atoms with Crippen LogP contribution >= 0.6 is 0 Å². The maximum atomic E-state index is 5.36. The Morgan fingerprint density at radius 3 is 3.07 bits per heavy atom. The minimum absolute atomic E-state index is 0.194. The van der Waals surface area contributed by atoms with Crippen molar-refractivity contribution in [1.82, 2.24) is 0 Å². The zero-order chi connectivity index (χ0) is 10.2. The number of methoxy groups -OCH3 is 1. The highest BCUT2D eigenvalue weighted by molar-refractivity contribution is 5.78. The largest absolute Gasteiger partial charge is 0.474 e. The fourth-order valence-corrected chi connectivity index (χ4v) is 1.02. The number of rotatable bonds is 7. The van der Waals surface area contributed by atoms with Crippen LogP contribution in [0.2, 0.25) is 0 Å². The Bertz CT molecular complexity index is 184. The van der Waals surface area contributed by atoms with Gasteiger partial charge in [-0.05, 0) is 6.92 Å². The lowest BCUT2D eigenvalue weighted by Crippen LogP contribution is -2.14. The molecule has 0 aliphatic carbocycles. The van der Waals surface area contributed by atoms with Crippen molar-refractivity contribution in [2.24, 2.45) is 4.99 Å². The zero-order valence-electron chi connectivity index (χ0n) is 8.69. The average molecular weight is 203 g/mol. The summed E-state index contributed by atoms with van der Waals surface area (Å²) in [5.74, 6) is 0.620. The highest BCUT2D eigenvalue weighted by Crippen LogP contribution is 2.06. The van der Waals surface area contributed by atoms with Gasteiger partial charge in [0.15, 0.2) is 6.23 Å². The number of aliphatic imine (C=N–C) groups is 1. The number of ether oxygens (including phenoxy) is 4. The van der Waals surface area contributed by atoms with Crippen molar-refractivity contribution in [3.05, 3.63) is 0 Å². The Morgan fingerprint density at radius 2 is 2.36 bits per heavy atom. The van der Waals surface area contributed by atoms with Gasteiger partial charge in [-0.25, -0.2) is 4.99 Å². The van der Waals surface area contributed by atoms with Crippen LogP contribution in [0.4, 0.5) is 0 Å². The molecule has 5 heteroatoms. The summed E-state index contributed by atoms with van der Waals surface area (Å²) in [7, 11) is 1.64. The van der Waals surface area contributed by atoms with Crippen LogP contribution in [0.5, 0.6) is 0 Å². The molecule has 0 bridgehead atoms. The van der Waals surface area contributed by atoms with Gasteiger partial charge in [-0.15, -0.1) is 0 Å². The molecule has 14 heavy (non-hydrogen) atoms. The third-order valence-corrected chi connectivity index (χ3v) is 1.71. The van der Waals surface area contributed by atoms with Gasteiger partial charge in [0, 0.05) is 13.7 Å². The molecule has 0 saturated carbocycles. The molecule has 0 fully saturated rings. The zero-order valence-corrected chi connectivity index (χ0v) is 8.69. The molecule has 0 spiro atoms. The van der Waals surface area contributed by atoms with Crippen molar-refractivity contribution >= 4 is 5.90 Å². The van der Waals surface area contributed by atoms with E-state index >= 15 is 0 Å². The summed E-state index contributed by atoms with van der Waals surface area (Å²) in [4.78, 5) is 4.19. The molecular weight excluding hydrogens is 186 g/mol. The van der Waals surface area contributed by atoms with Crippen LogP contribution < -0.4 is 0 Å². The van der Waals surface area contributed by atoms with Gasteiger partial charge in [-0.2, -0.15) is 0 Å². The van der Waals surface area contributed by atoms with Crippen molar-refractivity contribution in [2.45, 2.75) is 13.2 Å². The van der Waals surface area contributed by atoms with Crippen LogP contribution in [0.15, 0.2) is 4.99 Å². The van der Waals surface area contributed by atoms with Gasteiger partial charge < -0.3 is 18.9 Å². The summed E-state index contributed by atoms with van der Waals surface area (Å²) in [5.41, 5.74) is 0. The predicted octanol–water partition coefficient (Wildman–Crippen LogP) is 0.441. The second-order valence-electron chi connectivity index (χ2n) is 2.79. The van der Waals surface area contributed by atoms with E-state index in [-0.39, 0.29) is 6.23 Å². The lowest BCUT2D eigenvalue weighted by Gasteiger charge is -2.05. The first-order valence-corrected chi connectivity index (χ1v) is 4.74. The molecule has 0 N–H and O–H groups in total. The molecule has 1 aliphatic heterocycles. The molecule has 1 rings (SSSR count). The molecule has 0 radical (unpaired) electrons. The van der Waals surface area contributed by atoms with Crippen LogP contribution in [-0.2, 0) is 18.9 Å². The van der Waals surface area contributed by atoms with Crippen LogP contribution in [0.25, 0.3) is 0 Å². The topological polar surface area (TPSA) is 49.3 Å². The van der Waals surface area contributed by atoms with E-state index in [1.54, 1.807) is 7.11 Å². The Morgan fingerprint density at radius 1 is 1.50 bits per heavy atom. The molecule has 0 amide bonds. The molecule has 1 heterocycles. The second-order valence-corrected chi connectivity index (χ2v) is 2.79. The molecule has 0 aromatic heterocycles. The number of hydrogen-bond donors (Lipinski definition) is 0. The fraction of sp³-hybridized carbons (Fsp3) is 0.889. The van der Waals surface area contributed by atoms with Gasteiger partial charge in [0.25, 0.3) is 0 Å². The summed E-state index contributed by atoms with van der Waals surface area (Å²) in [6.45, 7) is 4.62. The minimum Gasteiger partial charge on any atom is -0.474 e.